The Kier molecular flexibility index (Phi) is 5.52. The quantitative estimate of drug-likeness (QED) is 0.870. The van der Waals surface area contributed by atoms with Gasteiger partial charge < -0.3 is 14.8 Å². The molecule has 116 valence electrons. The van der Waals surface area contributed by atoms with Crippen molar-refractivity contribution in [2.24, 2.45) is 0 Å². The molecule has 1 aromatic rings. The molecule has 6 heteroatoms. The smallest absolute Gasteiger partial charge is 0.234 e. The molecule has 1 amide bonds. The first-order valence-corrected chi connectivity index (χ1v) is 7.20. The highest BCUT2D eigenvalue weighted by molar-refractivity contribution is 5.78. The number of ether oxygens (including phenoxy) is 2. The molecule has 0 aromatic carbocycles. The van der Waals surface area contributed by atoms with E-state index >= 15 is 0 Å². The van der Waals surface area contributed by atoms with Gasteiger partial charge in [0, 0.05) is 25.4 Å². The number of carbonyl (C=O) groups excluding carboxylic acids is 1. The van der Waals surface area contributed by atoms with Gasteiger partial charge in [-0.2, -0.15) is 0 Å². The lowest BCUT2D eigenvalue weighted by Gasteiger charge is -2.34. The van der Waals surface area contributed by atoms with E-state index in [9.17, 15) is 4.79 Å². The maximum Gasteiger partial charge on any atom is 0.234 e. The SMILES string of the molecule is COc1ccnc(CNC(=O)CN2C[C@@H](C)O[C@@H](C)C2)c1. The van der Waals surface area contributed by atoms with Crippen molar-refractivity contribution in [3.8, 4) is 5.75 Å². The van der Waals surface area contributed by atoms with Gasteiger partial charge in [0.05, 0.1) is 38.1 Å². The molecule has 1 aliphatic rings. The first-order valence-electron chi connectivity index (χ1n) is 7.20. The van der Waals surface area contributed by atoms with Gasteiger partial charge in [0.1, 0.15) is 5.75 Å². The van der Waals surface area contributed by atoms with Crippen LogP contribution in [0, 0.1) is 0 Å². The first-order chi connectivity index (χ1) is 10.1. The zero-order chi connectivity index (χ0) is 15.2. The van der Waals surface area contributed by atoms with Gasteiger partial charge in [-0.15, -0.1) is 0 Å². The second kappa shape index (κ2) is 7.38. The summed E-state index contributed by atoms with van der Waals surface area (Å²) in [5, 5.41) is 2.89. The second-order valence-electron chi connectivity index (χ2n) is 5.42. The summed E-state index contributed by atoms with van der Waals surface area (Å²) in [7, 11) is 1.61. The number of morpholine rings is 1. The summed E-state index contributed by atoms with van der Waals surface area (Å²) in [5.74, 6) is 0.742. The predicted molar refractivity (Wildman–Crippen MR) is 79.1 cm³/mol. The number of carbonyl (C=O) groups is 1. The summed E-state index contributed by atoms with van der Waals surface area (Å²) in [6, 6.07) is 3.60. The van der Waals surface area contributed by atoms with Gasteiger partial charge in [-0.05, 0) is 19.9 Å². The van der Waals surface area contributed by atoms with Crippen molar-refractivity contribution in [1.29, 1.82) is 0 Å². The van der Waals surface area contributed by atoms with Crippen LogP contribution in [0.1, 0.15) is 19.5 Å². The predicted octanol–water partition coefficient (Wildman–Crippen LogP) is 0.816. The normalized spacial score (nSPS) is 22.8. The fourth-order valence-corrected chi connectivity index (χ4v) is 2.54. The Morgan fingerprint density at radius 3 is 2.86 bits per heavy atom. The lowest BCUT2D eigenvalue weighted by atomic mass is 10.2. The summed E-state index contributed by atoms with van der Waals surface area (Å²) < 4.78 is 10.8. The van der Waals surface area contributed by atoms with E-state index in [1.807, 2.05) is 19.9 Å². The summed E-state index contributed by atoms with van der Waals surface area (Å²) >= 11 is 0. The molecule has 1 saturated heterocycles. The van der Waals surface area contributed by atoms with Crippen LogP contribution in [0.25, 0.3) is 0 Å². The van der Waals surface area contributed by atoms with Crippen LogP contribution in [0.2, 0.25) is 0 Å². The Labute approximate surface area is 125 Å². The van der Waals surface area contributed by atoms with Gasteiger partial charge in [-0.3, -0.25) is 14.7 Å². The summed E-state index contributed by atoms with van der Waals surface area (Å²) in [5.41, 5.74) is 0.784. The van der Waals surface area contributed by atoms with Gasteiger partial charge in [0.25, 0.3) is 0 Å². The van der Waals surface area contributed by atoms with Gasteiger partial charge in [-0.25, -0.2) is 0 Å². The van der Waals surface area contributed by atoms with E-state index in [0.29, 0.717) is 13.1 Å². The third kappa shape index (κ3) is 4.99. The van der Waals surface area contributed by atoms with Gasteiger partial charge in [0.15, 0.2) is 0 Å². The van der Waals surface area contributed by atoms with E-state index < -0.39 is 0 Å². The first kappa shape index (κ1) is 15.7. The number of nitrogens with zero attached hydrogens (tertiary/aromatic N) is 2. The van der Waals surface area contributed by atoms with E-state index in [-0.39, 0.29) is 18.1 Å². The van der Waals surface area contributed by atoms with Crippen LogP contribution >= 0.6 is 0 Å². The number of hydrogen-bond donors (Lipinski definition) is 1. The average Bonchev–Trinajstić information content (AvgIpc) is 2.44. The summed E-state index contributed by atoms with van der Waals surface area (Å²) in [6.45, 7) is 6.43. The van der Waals surface area contributed by atoms with E-state index in [2.05, 4.69) is 15.2 Å². The Morgan fingerprint density at radius 1 is 1.48 bits per heavy atom. The molecule has 1 aliphatic heterocycles. The van der Waals surface area contributed by atoms with Crippen LogP contribution in [0.3, 0.4) is 0 Å². The average molecular weight is 293 g/mol. The van der Waals surface area contributed by atoms with Gasteiger partial charge in [-0.1, -0.05) is 0 Å². The Morgan fingerprint density at radius 2 is 2.19 bits per heavy atom. The van der Waals surface area contributed by atoms with Crippen LogP contribution in [0.5, 0.6) is 5.75 Å². The van der Waals surface area contributed by atoms with Crippen molar-refractivity contribution in [3.05, 3.63) is 24.0 Å². The lowest BCUT2D eigenvalue weighted by molar-refractivity contribution is -0.126. The van der Waals surface area contributed by atoms with Crippen LogP contribution in [-0.4, -0.2) is 54.7 Å². The fourth-order valence-electron chi connectivity index (χ4n) is 2.54. The molecule has 2 rings (SSSR count). The van der Waals surface area contributed by atoms with E-state index in [4.69, 9.17) is 9.47 Å². The zero-order valence-corrected chi connectivity index (χ0v) is 12.8. The van der Waals surface area contributed by atoms with Gasteiger partial charge >= 0.3 is 0 Å². The van der Waals surface area contributed by atoms with Crippen molar-refractivity contribution in [3.63, 3.8) is 0 Å². The Balaban J connectivity index is 1.79. The summed E-state index contributed by atoms with van der Waals surface area (Å²) in [6.07, 6.45) is 2.01. The van der Waals surface area contributed by atoms with E-state index in [1.165, 1.54) is 0 Å². The molecule has 0 radical (unpaired) electrons. The minimum Gasteiger partial charge on any atom is -0.497 e. The van der Waals surface area contributed by atoms with Crippen molar-refractivity contribution in [2.45, 2.75) is 32.6 Å². The number of methoxy groups -OCH3 is 1. The standard InChI is InChI=1S/C15H23N3O3/c1-11-8-18(9-12(2)21-11)10-15(19)17-7-13-6-14(20-3)4-5-16-13/h4-6,11-12H,7-10H2,1-3H3,(H,17,19)/t11-,12+. The molecule has 0 bridgehead atoms. The number of hydrogen-bond acceptors (Lipinski definition) is 5. The molecule has 1 N–H and O–H groups in total. The maximum atomic E-state index is 12.0. The minimum atomic E-state index is 0.000852. The largest absolute Gasteiger partial charge is 0.497 e. The number of nitrogens with one attached hydrogen (secondary N) is 1. The monoisotopic (exact) mass is 293 g/mol. The third-order valence-corrected chi connectivity index (χ3v) is 3.35. The lowest BCUT2D eigenvalue weighted by Crippen LogP contribution is -2.49. The molecule has 2 heterocycles. The molecular weight excluding hydrogens is 270 g/mol. The van der Waals surface area contributed by atoms with Crippen LogP contribution in [0.4, 0.5) is 0 Å². The minimum absolute atomic E-state index is 0.000852. The summed E-state index contributed by atoms with van der Waals surface area (Å²) in [4.78, 5) is 18.3. The van der Waals surface area contributed by atoms with Crippen LogP contribution < -0.4 is 10.1 Å². The topological polar surface area (TPSA) is 63.7 Å². The van der Waals surface area contributed by atoms with Crippen molar-refractivity contribution in [1.82, 2.24) is 15.2 Å². The Hall–Kier alpha value is -1.66. The highest BCUT2D eigenvalue weighted by Crippen LogP contribution is 2.11. The van der Waals surface area contributed by atoms with E-state index in [0.717, 1.165) is 24.5 Å². The number of aromatic nitrogens is 1. The second-order valence-corrected chi connectivity index (χ2v) is 5.42. The van der Waals surface area contributed by atoms with Crippen LogP contribution in [0.15, 0.2) is 18.3 Å². The van der Waals surface area contributed by atoms with Crippen LogP contribution in [-0.2, 0) is 16.1 Å². The zero-order valence-electron chi connectivity index (χ0n) is 12.8. The number of pyridine rings is 1. The van der Waals surface area contributed by atoms with Gasteiger partial charge in [0.2, 0.25) is 5.91 Å². The molecule has 0 unspecified atom stereocenters. The van der Waals surface area contributed by atoms with Crippen molar-refractivity contribution >= 4 is 5.91 Å². The molecule has 21 heavy (non-hydrogen) atoms. The molecule has 0 saturated carbocycles. The van der Waals surface area contributed by atoms with E-state index in [1.54, 1.807) is 19.4 Å². The number of amides is 1. The highest BCUT2D eigenvalue weighted by atomic mass is 16.5. The molecule has 6 nitrogen and oxygen atoms in total. The molecule has 1 aromatic heterocycles. The molecule has 0 spiro atoms. The number of rotatable bonds is 5. The molecule has 0 aliphatic carbocycles. The van der Waals surface area contributed by atoms with Crippen molar-refractivity contribution in [2.75, 3.05) is 26.7 Å². The van der Waals surface area contributed by atoms with Crippen molar-refractivity contribution < 1.29 is 14.3 Å². The molecule has 1 fully saturated rings. The Bertz CT molecular complexity index is 471. The highest BCUT2D eigenvalue weighted by Gasteiger charge is 2.23. The third-order valence-electron chi connectivity index (χ3n) is 3.35. The fraction of sp³-hybridized carbons (Fsp3) is 0.600. The maximum absolute atomic E-state index is 12.0. The molecule has 2 atom stereocenters. The molecular formula is C15H23N3O3.